The molecule has 25 heavy (non-hydrogen) atoms. The maximum atomic E-state index is 12.0. The molecule has 8 heteroatoms. The van der Waals surface area contributed by atoms with Crippen LogP contribution in [0.15, 0.2) is 42.7 Å². The Morgan fingerprint density at radius 3 is 2.80 bits per heavy atom. The molecular formula is C17H22N6O2. The zero-order valence-corrected chi connectivity index (χ0v) is 14.0. The molecule has 0 aliphatic carbocycles. The third-order valence-electron chi connectivity index (χ3n) is 4.21. The van der Waals surface area contributed by atoms with E-state index in [4.69, 9.17) is 0 Å². The van der Waals surface area contributed by atoms with Crippen LogP contribution >= 0.6 is 0 Å². The fourth-order valence-electron chi connectivity index (χ4n) is 2.68. The molecule has 0 saturated carbocycles. The van der Waals surface area contributed by atoms with Crippen LogP contribution < -0.4 is 21.7 Å². The molecule has 1 aliphatic heterocycles. The van der Waals surface area contributed by atoms with Crippen molar-refractivity contribution in [3.63, 3.8) is 0 Å². The van der Waals surface area contributed by atoms with Crippen molar-refractivity contribution in [2.45, 2.75) is 25.8 Å². The van der Waals surface area contributed by atoms with Crippen molar-refractivity contribution in [2.75, 3.05) is 6.54 Å². The lowest BCUT2D eigenvalue weighted by molar-refractivity contribution is -0.131. The number of hydrazine groups is 2. The van der Waals surface area contributed by atoms with Gasteiger partial charge in [0.2, 0.25) is 11.8 Å². The van der Waals surface area contributed by atoms with E-state index in [0.717, 1.165) is 11.3 Å². The molecule has 4 N–H and O–H groups in total. The predicted molar refractivity (Wildman–Crippen MR) is 92.3 cm³/mol. The summed E-state index contributed by atoms with van der Waals surface area (Å²) in [5.41, 5.74) is 12.8. The van der Waals surface area contributed by atoms with E-state index in [1.807, 2.05) is 43.5 Å². The van der Waals surface area contributed by atoms with Crippen LogP contribution in [0.5, 0.6) is 0 Å². The number of nitrogens with one attached hydrogen (secondary N) is 4. The molecule has 0 spiro atoms. The van der Waals surface area contributed by atoms with E-state index >= 15 is 0 Å². The number of aryl methyl sites for hydroxylation is 1. The van der Waals surface area contributed by atoms with Crippen LogP contribution in [-0.2, 0) is 16.0 Å². The van der Waals surface area contributed by atoms with Gasteiger partial charge in [-0.25, -0.2) is 4.68 Å². The molecule has 1 aromatic heterocycles. The molecular weight excluding hydrogens is 320 g/mol. The van der Waals surface area contributed by atoms with Crippen molar-refractivity contribution in [1.29, 1.82) is 0 Å². The topological polar surface area (TPSA) is 100 Å². The van der Waals surface area contributed by atoms with E-state index in [-0.39, 0.29) is 30.2 Å². The van der Waals surface area contributed by atoms with Gasteiger partial charge in [-0.15, -0.1) is 0 Å². The third-order valence-corrected chi connectivity index (χ3v) is 4.21. The van der Waals surface area contributed by atoms with Gasteiger partial charge >= 0.3 is 0 Å². The van der Waals surface area contributed by atoms with Gasteiger partial charge in [0.15, 0.2) is 0 Å². The summed E-state index contributed by atoms with van der Waals surface area (Å²) in [7, 11) is 0. The monoisotopic (exact) mass is 342 g/mol. The van der Waals surface area contributed by atoms with Gasteiger partial charge in [0, 0.05) is 25.2 Å². The summed E-state index contributed by atoms with van der Waals surface area (Å²) >= 11 is 0. The fraction of sp³-hybridized carbons (Fsp3) is 0.353. The molecule has 2 amide bonds. The van der Waals surface area contributed by atoms with Crippen molar-refractivity contribution in [3.8, 4) is 5.69 Å². The Balaban J connectivity index is 1.43. The largest absolute Gasteiger partial charge is 0.273 e. The van der Waals surface area contributed by atoms with E-state index < -0.39 is 0 Å². The van der Waals surface area contributed by atoms with Crippen molar-refractivity contribution in [3.05, 3.63) is 48.3 Å². The summed E-state index contributed by atoms with van der Waals surface area (Å²) in [6.07, 6.45) is 4.48. The third kappa shape index (κ3) is 4.43. The second-order valence-corrected chi connectivity index (χ2v) is 6.09. The highest BCUT2D eigenvalue weighted by atomic mass is 16.2. The number of aromatic nitrogens is 2. The minimum atomic E-state index is -0.229. The first kappa shape index (κ1) is 17.1. The lowest BCUT2D eigenvalue weighted by Gasteiger charge is -2.14. The van der Waals surface area contributed by atoms with Gasteiger partial charge in [-0.2, -0.15) is 5.10 Å². The lowest BCUT2D eigenvalue weighted by Crippen LogP contribution is -2.47. The first-order valence-electron chi connectivity index (χ1n) is 8.29. The number of para-hydroxylation sites is 1. The maximum Gasteiger partial charge on any atom is 0.244 e. The number of hydrogen-bond donors (Lipinski definition) is 4. The SMILES string of the molecule is CC1NNCC1C(=O)NNC(=O)CCc1cnn(-c2ccccc2)c1. The van der Waals surface area contributed by atoms with Gasteiger partial charge in [0.25, 0.3) is 0 Å². The van der Waals surface area contributed by atoms with Crippen molar-refractivity contribution < 1.29 is 9.59 Å². The van der Waals surface area contributed by atoms with Gasteiger partial charge in [-0.05, 0) is 31.0 Å². The second-order valence-electron chi connectivity index (χ2n) is 6.09. The number of hydrogen-bond acceptors (Lipinski definition) is 5. The van der Waals surface area contributed by atoms with Crippen LogP contribution in [-0.4, -0.2) is 34.2 Å². The summed E-state index contributed by atoms with van der Waals surface area (Å²) < 4.78 is 1.77. The smallest absolute Gasteiger partial charge is 0.244 e. The molecule has 132 valence electrons. The van der Waals surface area contributed by atoms with Crippen molar-refractivity contribution in [1.82, 2.24) is 31.5 Å². The Morgan fingerprint density at radius 2 is 2.08 bits per heavy atom. The van der Waals surface area contributed by atoms with Gasteiger partial charge in [-0.1, -0.05) is 18.2 Å². The quantitative estimate of drug-likeness (QED) is 0.576. The van der Waals surface area contributed by atoms with Crippen LogP contribution in [0.2, 0.25) is 0 Å². The average Bonchev–Trinajstić information content (AvgIpc) is 3.27. The summed E-state index contributed by atoms with van der Waals surface area (Å²) in [6.45, 7) is 2.46. The molecule has 1 saturated heterocycles. The Morgan fingerprint density at radius 1 is 1.28 bits per heavy atom. The van der Waals surface area contributed by atoms with Crippen molar-refractivity contribution in [2.24, 2.45) is 5.92 Å². The minimum Gasteiger partial charge on any atom is -0.273 e. The molecule has 2 unspecified atom stereocenters. The summed E-state index contributed by atoms with van der Waals surface area (Å²) in [4.78, 5) is 23.9. The average molecular weight is 342 g/mol. The molecule has 2 aromatic rings. The van der Waals surface area contributed by atoms with E-state index in [0.29, 0.717) is 13.0 Å². The van der Waals surface area contributed by atoms with Crippen LogP contribution in [0.25, 0.3) is 5.69 Å². The number of benzene rings is 1. The Labute approximate surface area is 145 Å². The maximum absolute atomic E-state index is 12.0. The Kier molecular flexibility index (Phi) is 5.42. The minimum absolute atomic E-state index is 0.0285. The standard InChI is InChI=1S/C17H22N6O2/c1-12-15(10-18-20-12)17(25)22-21-16(24)8-7-13-9-19-23(11-13)14-5-3-2-4-6-14/h2-6,9,11-12,15,18,20H,7-8,10H2,1H3,(H,21,24)(H,22,25). The normalized spacial score (nSPS) is 19.6. The van der Waals surface area contributed by atoms with Gasteiger partial charge in [0.1, 0.15) is 0 Å². The second kappa shape index (κ2) is 7.91. The van der Waals surface area contributed by atoms with Crippen molar-refractivity contribution >= 4 is 11.8 Å². The highest BCUT2D eigenvalue weighted by Crippen LogP contribution is 2.09. The number of nitrogens with zero attached hydrogens (tertiary/aromatic N) is 2. The summed E-state index contributed by atoms with van der Waals surface area (Å²) in [5.74, 6) is -0.632. The number of carbonyl (C=O) groups excluding carboxylic acids is 2. The first-order chi connectivity index (χ1) is 12.1. The van der Waals surface area contributed by atoms with Crippen LogP contribution in [0, 0.1) is 5.92 Å². The zero-order valence-electron chi connectivity index (χ0n) is 14.0. The van der Waals surface area contributed by atoms with Crippen LogP contribution in [0.1, 0.15) is 18.9 Å². The highest BCUT2D eigenvalue weighted by molar-refractivity contribution is 5.84. The van der Waals surface area contributed by atoms with E-state index in [1.165, 1.54) is 0 Å². The molecule has 1 aliphatic rings. The van der Waals surface area contributed by atoms with E-state index in [1.54, 1.807) is 10.9 Å². The van der Waals surface area contributed by atoms with Crippen LogP contribution in [0.3, 0.4) is 0 Å². The van der Waals surface area contributed by atoms with Crippen LogP contribution in [0.4, 0.5) is 0 Å². The van der Waals surface area contributed by atoms with Gasteiger partial charge in [0.05, 0.1) is 17.8 Å². The van der Waals surface area contributed by atoms with E-state index in [9.17, 15) is 9.59 Å². The molecule has 1 aromatic carbocycles. The highest BCUT2D eigenvalue weighted by Gasteiger charge is 2.29. The summed E-state index contributed by atoms with van der Waals surface area (Å²) in [6, 6.07) is 9.80. The van der Waals surface area contributed by atoms with Gasteiger partial charge < -0.3 is 0 Å². The zero-order chi connectivity index (χ0) is 17.6. The lowest BCUT2D eigenvalue weighted by atomic mass is 10.0. The number of carbonyl (C=O) groups is 2. The number of amides is 2. The molecule has 0 radical (unpaired) electrons. The molecule has 2 heterocycles. The molecule has 8 nitrogen and oxygen atoms in total. The fourth-order valence-corrected chi connectivity index (χ4v) is 2.68. The van der Waals surface area contributed by atoms with E-state index in [2.05, 4.69) is 26.8 Å². The molecule has 3 rings (SSSR count). The molecule has 2 atom stereocenters. The Bertz CT molecular complexity index is 730. The Hall–Kier alpha value is -2.71. The first-order valence-corrected chi connectivity index (χ1v) is 8.29. The summed E-state index contributed by atoms with van der Waals surface area (Å²) in [5, 5.41) is 4.30. The van der Waals surface area contributed by atoms with Gasteiger partial charge in [-0.3, -0.25) is 31.3 Å². The number of rotatable bonds is 5. The molecule has 1 fully saturated rings. The predicted octanol–water partition coefficient (Wildman–Crippen LogP) is 0.0648. The molecule has 0 bridgehead atoms.